The number of esters is 1. The van der Waals surface area contributed by atoms with Crippen molar-refractivity contribution in [3.8, 4) is 11.3 Å². The first-order valence-electron chi connectivity index (χ1n) is 11.8. The first kappa shape index (κ1) is 27.1. The molecule has 200 valence electrons. The molecule has 9 nitrogen and oxygen atoms in total. The summed E-state index contributed by atoms with van der Waals surface area (Å²) in [6.07, 6.45) is -2.60. The number of anilines is 1. The predicted molar refractivity (Wildman–Crippen MR) is 137 cm³/mol. The summed E-state index contributed by atoms with van der Waals surface area (Å²) in [6, 6.07) is 20.2. The fraction of sp³-hybridized carbons (Fsp3) is 0.143. The van der Waals surface area contributed by atoms with Gasteiger partial charge in [0, 0.05) is 17.7 Å². The molecular weight excluding hydrogens is 510 g/mol. The van der Waals surface area contributed by atoms with Crippen molar-refractivity contribution in [2.45, 2.75) is 25.2 Å². The molecule has 2 atom stereocenters. The molecule has 0 saturated carbocycles. The van der Waals surface area contributed by atoms with Gasteiger partial charge in [0.05, 0.1) is 12.1 Å². The molecule has 11 heteroatoms. The lowest BCUT2D eigenvalue weighted by molar-refractivity contribution is -0.147. The minimum atomic E-state index is -2.01. The van der Waals surface area contributed by atoms with Crippen LogP contribution >= 0.6 is 0 Å². The van der Waals surface area contributed by atoms with Gasteiger partial charge in [0.25, 0.3) is 5.91 Å². The molecule has 39 heavy (non-hydrogen) atoms. The number of amides is 2. The minimum absolute atomic E-state index is 0.0614. The zero-order chi connectivity index (χ0) is 27.8. The van der Waals surface area contributed by atoms with E-state index in [1.54, 1.807) is 36.4 Å². The highest BCUT2D eigenvalue weighted by Gasteiger charge is 2.29. The Morgan fingerprint density at radius 1 is 0.897 bits per heavy atom. The Bertz CT molecular complexity index is 1430. The number of carbonyl (C=O) groups excluding carboxylic acids is 3. The van der Waals surface area contributed by atoms with Crippen molar-refractivity contribution in [2.75, 3.05) is 5.32 Å². The quantitative estimate of drug-likeness (QED) is 0.230. The summed E-state index contributed by atoms with van der Waals surface area (Å²) in [7, 11) is 0. The molecule has 0 radical (unpaired) electrons. The molecule has 0 aliphatic heterocycles. The van der Waals surface area contributed by atoms with Crippen LogP contribution in [0.15, 0.2) is 84.9 Å². The molecule has 0 aliphatic carbocycles. The topological polar surface area (TPSA) is 133 Å². The molecule has 0 fully saturated rings. The van der Waals surface area contributed by atoms with E-state index in [0.29, 0.717) is 17.3 Å². The lowest BCUT2D eigenvalue weighted by Crippen LogP contribution is -2.47. The normalized spacial score (nSPS) is 12.3. The van der Waals surface area contributed by atoms with E-state index in [1.807, 2.05) is 30.3 Å². The van der Waals surface area contributed by atoms with Gasteiger partial charge >= 0.3 is 5.97 Å². The van der Waals surface area contributed by atoms with E-state index < -0.39 is 48.0 Å². The average Bonchev–Trinajstić information content (AvgIpc) is 3.40. The number of aromatic nitrogens is 2. The smallest absolute Gasteiger partial charge is 0.308 e. The van der Waals surface area contributed by atoms with Gasteiger partial charge in [-0.15, -0.1) is 0 Å². The minimum Gasteiger partial charge on any atom is -0.461 e. The van der Waals surface area contributed by atoms with Gasteiger partial charge in [-0.05, 0) is 23.3 Å². The number of hydrogen-bond acceptors (Lipinski definition) is 6. The van der Waals surface area contributed by atoms with Crippen LogP contribution < -0.4 is 10.6 Å². The molecule has 2 amide bonds. The monoisotopic (exact) mass is 534 g/mol. The Morgan fingerprint density at radius 2 is 1.54 bits per heavy atom. The van der Waals surface area contributed by atoms with Gasteiger partial charge < -0.3 is 20.5 Å². The Kier molecular flexibility index (Phi) is 8.75. The van der Waals surface area contributed by atoms with Crippen LogP contribution in [-0.2, 0) is 25.7 Å². The summed E-state index contributed by atoms with van der Waals surface area (Å²) < 4.78 is 32.4. The van der Waals surface area contributed by atoms with E-state index in [-0.39, 0.29) is 18.0 Å². The summed E-state index contributed by atoms with van der Waals surface area (Å²) in [5, 5.41) is 22.0. The fourth-order valence-corrected chi connectivity index (χ4v) is 3.67. The molecule has 0 aliphatic rings. The van der Waals surface area contributed by atoms with Crippen LogP contribution in [0.2, 0.25) is 0 Å². The Labute approximate surface area is 221 Å². The third kappa shape index (κ3) is 7.55. The third-order valence-corrected chi connectivity index (χ3v) is 5.60. The van der Waals surface area contributed by atoms with Crippen LogP contribution in [0.1, 0.15) is 23.7 Å². The molecule has 0 spiro atoms. The highest BCUT2D eigenvalue weighted by Crippen LogP contribution is 2.20. The van der Waals surface area contributed by atoms with Gasteiger partial charge in [0.1, 0.15) is 30.1 Å². The van der Waals surface area contributed by atoms with Crippen molar-refractivity contribution in [3.05, 3.63) is 108 Å². The number of H-pyrrole nitrogens is 1. The zero-order valence-electron chi connectivity index (χ0n) is 20.4. The highest BCUT2D eigenvalue weighted by molar-refractivity contribution is 5.99. The number of ether oxygens (including phenoxy) is 1. The average molecular weight is 535 g/mol. The molecule has 3 aromatic carbocycles. The molecule has 1 heterocycles. The molecular formula is C28H24F2N4O5. The molecule has 4 rings (SSSR count). The number of carbonyl (C=O) groups is 3. The van der Waals surface area contributed by atoms with E-state index in [9.17, 15) is 28.3 Å². The molecule has 0 saturated heterocycles. The van der Waals surface area contributed by atoms with E-state index in [0.717, 1.165) is 17.7 Å². The van der Waals surface area contributed by atoms with E-state index >= 15 is 0 Å². The number of aromatic amines is 1. The maximum Gasteiger partial charge on any atom is 0.308 e. The molecule has 2 unspecified atom stereocenters. The number of nitrogens with one attached hydrogen (secondary N) is 3. The number of benzene rings is 3. The Hall–Kier alpha value is -4.90. The summed E-state index contributed by atoms with van der Waals surface area (Å²) in [5.74, 6) is -4.58. The van der Waals surface area contributed by atoms with Gasteiger partial charge in [-0.3, -0.25) is 19.5 Å². The Morgan fingerprint density at radius 3 is 2.21 bits per heavy atom. The van der Waals surface area contributed by atoms with Gasteiger partial charge in [0.15, 0.2) is 6.10 Å². The maximum atomic E-state index is 13.6. The summed E-state index contributed by atoms with van der Waals surface area (Å²) in [6.45, 7) is -0.0614. The van der Waals surface area contributed by atoms with Gasteiger partial charge in [-0.1, -0.05) is 60.7 Å². The predicted octanol–water partition coefficient (Wildman–Crippen LogP) is 3.65. The van der Waals surface area contributed by atoms with E-state index in [4.69, 9.17) is 4.74 Å². The van der Waals surface area contributed by atoms with E-state index in [1.165, 1.54) is 0 Å². The first-order valence-corrected chi connectivity index (χ1v) is 11.8. The zero-order valence-corrected chi connectivity index (χ0v) is 20.4. The third-order valence-electron chi connectivity index (χ3n) is 5.60. The lowest BCUT2D eigenvalue weighted by atomic mass is 10.1. The van der Waals surface area contributed by atoms with Crippen molar-refractivity contribution < 1.29 is 33.0 Å². The first-order chi connectivity index (χ1) is 18.8. The highest BCUT2D eigenvalue weighted by atomic mass is 19.1. The second-order valence-corrected chi connectivity index (χ2v) is 8.54. The summed E-state index contributed by atoms with van der Waals surface area (Å²) in [5.41, 5.74) is 1.67. The lowest BCUT2D eigenvalue weighted by Gasteiger charge is -2.20. The summed E-state index contributed by atoms with van der Waals surface area (Å²) >= 11 is 0. The van der Waals surface area contributed by atoms with Crippen LogP contribution in [0.5, 0.6) is 0 Å². The molecule has 4 N–H and O–H groups in total. The molecule has 1 aromatic heterocycles. The second-order valence-electron chi connectivity index (χ2n) is 8.54. The number of aliphatic hydroxyl groups excluding tert-OH is 1. The van der Waals surface area contributed by atoms with Crippen molar-refractivity contribution in [3.63, 3.8) is 0 Å². The van der Waals surface area contributed by atoms with Crippen molar-refractivity contribution in [2.24, 2.45) is 0 Å². The fourth-order valence-electron chi connectivity index (χ4n) is 3.67. The van der Waals surface area contributed by atoms with Crippen LogP contribution in [-0.4, -0.2) is 39.1 Å². The number of halogens is 2. The number of hydrogen-bond donors (Lipinski definition) is 4. The molecule has 0 bridgehead atoms. The van der Waals surface area contributed by atoms with Gasteiger partial charge in [-0.2, -0.15) is 5.10 Å². The van der Waals surface area contributed by atoms with Crippen LogP contribution in [0.4, 0.5) is 14.6 Å². The van der Waals surface area contributed by atoms with E-state index in [2.05, 4.69) is 20.8 Å². The van der Waals surface area contributed by atoms with Crippen LogP contribution in [0.3, 0.4) is 0 Å². The van der Waals surface area contributed by atoms with Crippen LogP contribution in [0.25, 0.3) is 11.3 Å². The number of nitrogens with zero attached hydrogens (tertiary/aromatic N) is 1. The van der Waals surface area contributed by atoms with Crippen molar-refractivity contribution in [1.29, 1.82) is 0 Å². The van der Waals surface area contributed by atoms with Crippen molar-refractivity contribution >= 4 is 23.6 Å². The number of rotatable bonds is 10. The number of aliphatic hydroxyl groups is 1. The molecule has 4 aromatic rings. The van der Waals surface area contributed by atoms with Crippen LogP contribution in [0, 0.1) is 11.6 Å². The SMILES string of the molecule is O=C(CC(NC(=O)C(O)c1cc(F)cc(F)c1)C(=O)Nc1cc(-c2ccccc2)n[nH]1)OCc1ccccc1. The standard InChI is InChI=1S/C28H24F2N4O5/c29-20-11-19(12-21(30)13-20)26(36)28(38)31-23(15-25(35)39-16-17-7-3-1-4-8-17)27(37)32-24-14-22(33-34-24)18-9-5-2-6-10-18/h1-14,23,26,36H,15-16H2,(H,31,38)(H2,32,33,34,37). The van der Waals surface area contributed by atoms with Gasteiger partial charge in [0.2, 0.25) is 5.91 Å². The largest absolute Gasteiger partial charge is 0.461 e. The van der Waals surface area contributed by atoms with Crippen molar-refractivity contribution in [1.82, 2.24) is 15.5 Å². The Balaban J connectivity index is 1.47. The second kappa shape index (κ2) is 12.6. The van der Waals surface area contributed by atoms with Gasteiger partial charge in [-0.25, -0.2) is 8.78 Å². The maximum absolute atomic E-state index is 13.6. The summed E-state index contributed by atoms with van der Waals surface area (Å²) in [4.78, 5) is 38.4.